The third-order valence-electron chi connectivity index (χ3n) is 4.76. The summed E-state index contributed by atoms with van der Waals surface area (Å²) in [6.07, 6.45) is 2.29. The molecule has 1 aromatic carbocycles. The summed E-state index contributed by atoms with van der Waals surface area (Å²) in [5, 5.41) is 0. The second-order valence-electron chi connectivity index (χ2n) is 6.32. The Balaban J connectivity index is 1.65. The van der Waals surface area contributed by atoms with E-state index < -0.39 is 0 Å². The van der Waals surface area contributed by atoms with E-state index in [-0.39, 0.29) is 5.82 Å². The van der Waals surface area contributed by atoms with Gasteiger partial charge in [0.2, 0.25) is 5.95 Å². The number of nitrogens with zero attached hydrogens (tertiary/aromatic N) is 4. The van der Waals surface area contributed by atoms with Gasteiger partial charge in [0.15, 0.2) is 11.6 Å². The maximum absolute atomic E-state index is 14.2. The number of quaternary nitrogens is 1. The minimum Gasteiger partial charge on any atom is -0.343 e. The van der Waals surface area contributed by atoms with E-state index in [1.54, 1.807) is 0 Å². The van der Waals surface area contributed by atoms with Crippen LogP contribution in [0.25, 0.3) is 0 Å². The highest BCUT2D eigenvalue weighted by molar-refractivity contribution is 5.66. The molecule has 5 nitrogen and oxygen atoms in total. The molecule has 120 valence electrons. The van der Waals surface area contributed by atoms with Crippen molar-refractivity contribution in [3.05, 3.63) is 41.8 Å². The standard InChI is InChI=1S/C17H20FN5/c1-21-8-10-22(11-9-21)16-14(18)12-19-17(20-16)23-7-6-13-4-2-3-5-15(13)23/h2-5,12H,6-11H2,1H3/p+1. The average Bonchev–Trinajstić information content (AvgIpc) is 3.00. The minimum atomic E-state index is -0.333. The second kappa shape index (κ2) is 5.77. The van der Waals surface area contributed by atoms with Crippen LogP contribution in [0.2, 0.25) is 0 Å². The number of hydrogen-bond donors (Lipinski definition) is 1. The van der Waals surface area contributed by atoms with Crippen molar-refractivity contribution >= 4 is 17.5 Å². The van der Waals surface area contributed by atoms with E-state index in [4.69, 9.17) is 0 Å². The van der Waals surface area contributed by atoms with Gasteiger partial charge in [0, 0.05) is 12.2 Å². The zero-order valence-corrected chi connectivity index (χ0v) is 13.3. The van der Waals surface area contributed by atoms with Crippen molar-refractivity contribution in [1.82, 2.24) is 9.97 Å². The Morgan fingerprint density at radius 3 is 2.74 bits per heavy atom. The van der Waals surface area contributed by atoms with Crippen molar-refractivity contribution in [3.63, 3.8) is 0 Å². The van der Waals surface area contributed by atoms with Crippen molar-refractivity contribution in [1.29, 1.82) is 0 Å². The number of hydrogen-bond acceptors (Lipinski definition) is 4. The Kier molecular flexibility index (Phi) is 3.61. The van der Waals surface area contributed by atoms with Gasteiger partial charge >= 0.3 is 0 Å². The third-order valence-corrected chi connectivity index (χ3v) is 4.76. The van der Waals surface area contributed by atoms with Gasteiger partial charge in [-0.05, 0) is 18.1 Å². The van der Waals surface area contributed by atoms with Gasteiger partial charge in [-0.1, -0.05) is 18.2 Å². The zero-order valence-electron chi connectivity index (χ0n) is 13.3. The van der Waals surface area contributed by atoms with Gasteiger partial charge in [0.05, 0.1) is 39.4 Å². The fourth-order valence-corrected chi connectivity index (χ4v) is 3.35. The highest BCUT2D eigenvalue weighted by Gasteiger charge is 2.25. The maximum Gasteiger partial charge on any atom is 0.232 e. The molecule has 1 saturated heterocycles. The van der Waals surface area contributed by atoms with E-state index in [0.29, 0.717) is 11.8 Å². The number of benzene rings is 1. The zero-order chi connectivity index (χ0) is 15.8. The number of rotatable bonds is 2. The van der Waals surface area contributed by atoms with Gasteiger partial charge in [-0.25, -0.2) is 9.37 Å². The molecule has 0 atom stereocenters. The van der Waals surface area contributed by atoms with Crippen LogP contribution in [0, 0.1) is 5.82 Å². The molecule has 1 N–H and O–H groups in total. The van der Waals surface area contributed by atoms with Crippen LogP contribution in [-0.2, 0) is 6.42 Å². The van der Waals surface area contributed by atoms with Crippen LogP contribution in [-0.4, -0.2) is 49.7 Å². The Bertz CT molecular complexity index is 712. The summed E-state index contributed by atoms with van der Waals surface area (Å²) in [6.45, 7) is 4.51. The Hall–Kier alpha value is -2.21. The van der Waals surface area contributed by atoms with Gasteiger partial charge in [-0.15, -0.1) is 0 Å². The average molecular weight is 314 g/mol. The molecule has 0 amide bonds. The van der Waals surface area contributed by atoms with Crippen LogP contribution in [0.5, 0.6) is 0 Å². The highest BCUT2D eigenvalue weighted by Crippen LogP contribution is 2.33. The summed E-state index contributed by atoms with van der Waals surface area (Å²) in [7, 11) is 2.17. The molecular weight excluding hydrogens is 293 g/mol. The van der Waals surface area contributed by atoms with Crippen LogP contribution in [0.4, 0.5) is 21.8 Å². The van der Waals surface area contributed by atoms with Crippen LogP contribution in [0.1, 0.15) is 5.56 Å². The Morgan fingerprint density at radius 2 is 1.91 bits per heavy atom. The van der Waals surface area contributed by atoms with Crippen LogP contribution >= 0.6 is 0 Å². The minimum absolute atomic E-state index is 0.333. The van der Waals surface area contributed by atoms with Gasteiger partial charge < -0.3 is 14.7 Å². The molecule has 23 heavy (non-hydrogen) atoms. The first-order valence-corrected chi connectivity index (χ1v) is 8.16. The van der Waals surface area contributed by atoms with Crippen LogP contribution in [0.15, 0.2) is 30.5 Å². The van der Waals surface area contributed by atoms with Crippen LogP contribution in [0.3, 0.4) is 0 Å². The smallest absolute Gasteiger partial charge is 0.232 e. The first-order valence-electron chi connectivity index (χ1n) is 8.16. The molecule has 1 aromatic heterocycles. The van der Waals surface area contributed by atoms with Gasteiger partial charge in [-0.2, -0.15) is 4.98 Å². The first-order chi connectivity index (χ1) is 11.2. The number of nitrogens with one attached hydrogen (secondary N) is 1. The number of piperazine rings is 1. The van der Waals surface area contributed by atoms with E-state index in [0.717, 1.165) is 44.8 Å². The van der Waals surface area contributed by atoms with Crippen molar-refractivity contribution < 1.29 is 9.29 Å². The van der Waals surface area contributed by atoms with Crippen LogP contribution < -0.4 is 14.7 Å². The molecule has 2 aliphatic heterocycles. The third kappa shape index (κ3) is 2.63. The number of aromatic nitrogens is 2. The molecule has 1 fully saturated rings. The lowest BCUT2D eigenvalue weighted by Crippen LogP contribution is -3.12. The number of halogens is 1. The molecule has 0 radical (unpaired) electrons. The molecule has 4 rings (SSSR count). The number of fused-ring (bicyclic) bond motifs is 1. The molecule has 0 saturated carbocycles. The molecule has 0 aliphatic carbocycles. The monoisotopic (exact) mass is 314 g/mol. The number of likely N-dealkylation sites (N-methyl/N-ethyl adjacent to an activating group) is 1. The van der Waals surface area contributed by atoms with Crippen molar-refractivity contribution in [2.45, 2.75) is 6.42 Å². The second-order valence-corrected chi connectivity index (χ2v) is 6.32. The highest BCUT2D eigenvalue weighted by atomic mass is 19.1. The summed E-state index contributed by atoms with van der Waals surface area (Å²) in [4.78, 5) is 14.4. The van der Waals surface area contributed by atoms with Gasteiger partial charge in [0.25, 0.3) is 0 Å². The quantitative estimate of drug-likeness (QED) is 0.883. The predicted molar refractivity (Wildman–Crippen MR) is 88.0 cm³/mol. The predicted octanol–water partition coefficient (Wildman–Crippen LogP) is 0.645. The lowest BCUT2D eigenvalue weighted by atomic mass is 10.2. The number of para-hydroxylation sites is 1. The molecule has 0 bridgehead atoms. The topological polar surface area (TPSA) is 36.7 Å². The molecular formula is C17H21FN5+. The van der Waals surface area contributed by atoms with Crippen molar-refractivity contribution in [3.8, 4) is 0 Å². The van der Waals surface area contributed by atoms with Crippen molar-refractivity contribution in [2.24, 2.45) is 0 Å². The molecule has 6 heteroatoms. The van der Waals surface area contributed by atoms with E-state index in [1.807, 2.05) is 17.0 Å². The normalized spacial score (nSPS) is 18.3. The molecule has 3 heterocycles. The maximum atomic E-state index is 14.2. The van der Waals surface area contributed by atoms with Gasteiger partial charge in [-0.3, -0.25) is 0 Å². The summed E-state index contributed by atoms with van der Waals surface area (Å²) >= 11 is 0. The largest absolute Gasteiger partial charge is 0.343 e. The SMILES string of the molecule is C[NH+]1CCN(c2nc(N3CCc4ccccc43)ncc2F)CC1. The molecule has 0 spiro atoms. The summed E-state index contributed by atoms with van der Waals surface area (Å²) in [6, 6.07) is 8.27. The lowest BCUT2D eigenvalue weighted by molar-refractivity contribution is -0.880. The Labute approximate surface area is 135 Å². The Morgan fingerprint density at radius 1 is 1.13 bits per heavy atom. The van der Waals surface area contributed by atoms with E-state index >= 15 is 0 Å². The molecule has 2 aliphatic rings. The van der Waals surface area contributed by atoms with E-state index in [2.05, 4.69) is 34.0 Å². The van der Waals surface area contributed by atoms with E-state index in [9.17, 15) is 4.39 Å². The summed E-state index contributed by atoms with van der Waals surface area (Å²) < 4.78 is 14.2. The summed E-state index contributed by atoms with van der Waals surface area (Å²) in [5.41, 5.74) is 2.43. The first kappa shape index (κ1) is 14.4. The molecule has 0 unspecified atom stereocenters. The fraction of sp³-hybridized carbons (Fsp3) is 0.412. The molecule has 2 aromatic rings. The van der Waals surface area contributed by atoms with Gasteiger partial charge in [0.1, 0.15) is 0 Å². The lowest BCUT2D eigenvalue weighted by Gasteiger charge is -2.31. The number of anilines is 3. The fourth-order valence-electron chi connectivity index (χ4n) is 3.35. The summed E-state index contributed by atoms with van der Waals surface area (Å²) in [5.74, 6) is 0.699. The van der Waals surface area contributed by atoms with E-state index in [1.165, 1.54) is 16.7 Å². The van der Waals surface area contributed by atoms with Crippen molar-refractivity contribution in [2.75, 3.05) is 49.6 Å².